The van der Waals surface area contributed by atoms with Crippen molar-refractivity contribution in [1.29, 1.82) is 0 Å². The molecule has 2 N–H and O–H groups in total. The molecule has 0 bridgehead atoms. The lowest BCUT2D eigenvalue weighted by Crippen LogP contribution is -2.38. The lowest BCUT2D eigenvalue weighted by molar-refractivity contribution is 0.152. The fraction of sp³-hybridized carbons (Fsp3) is 0.533. The monoisotopic (exact) mass is 391 g/mol. The predicted octanol–water partition coefficient (Wildman–Crippen LogP) is 2.57. The van der Waals surface area contributed by atoms with E-state index >= 15 is 0 Å². The number of aryl methyl sites for hydroxylation is 1. The van der Waals surface area contributed by atoms with Crippen LogP contribution < -0.4 is 10.6 Å². The minimum absolute atomic E-state index is 0. The largest absolute Gasteiger partial charge is 0.380 e. The van der Waals surface area contributed by atoms with Crippen LogP contribution in [0.3, 0.4) is 0 Å². The van der Waals surface area contributed by atoms with Gasteiger partial charge in [0.05, 0.1) is 6.61 Å². The third-order valence-corrected chi connectivity index (χ3v) is 2.91. The Labute approximate surface area is 139 Å². The number of halogens is 1. The quantitative estimate of drug-likeness (QED) is 0.325. The predicted molar refractivity (Wildman–Crippen MR) is 95.9 cm³/mol. The molecule has 1 aromatic rings. The minimum atomic E-state index is 0. The highest BCUT2D eigenvalue weighted by atomic mass is 127. The average molecular weight is 391 g/mol. The van der Waals surface area contributed by atoms with Crippen LogP contribution in [0.4, 0.5) is 0 Å². The van der Waals surface area contributed by atoms with Crippen molar-refractivity contribution in [1.82, 2.24) is 10.6 Å². The Hall–Kier alpha value is -0.820. The van der Waals surface area contributed by atoms with Crippen molar-refractivity contribution in [2.24, 2.45) is 4.99 Å². The number of nitrogens with zero attached hydrogens (tertiary/aromatic N) is 1. The third-order valence-electron chi connectivity index (χ3n) is 2.91. The molecule has 0 aliphatic rings. The molecule has 0 amide bonds. The van der Waals surface area contributed by atoms with Crippen LogP contribution in [0.5, 0.6) is 0 Å². The first kappa shape index (κ1) is 19.2. The summed E-state index contributed by atoms with van der Waals surface area (Å²) in [5.74, 6) is 0.811. The van der Waals surface area contributed by atoms with Crippen molar-refractivity contribution < 1.29 is 4.74 Å². The summed E-state index contributed by atoms with van der Waals surface area (Å²) in [6.45, 7) is 7.17. The molecule has 0 fully saturated rings. The van der Waals surface area contributed by atoms with Crippen LogP contribution in [0.15, 0.2) is 29.3 Å². The van der Waals surface area contributed by atoms with Gasteiger partial charge in [-0.25, -0.2) is 0 Å². The smallest absolute Gasteiger partial charge is 0.191 e. The Bertz CT molecular complexity index is 396. The third kappa shape index (κ3) is 7.09. The molecular weight excluding hydrogens is 365 g/mol. The lowest BCUT2D eigenvalue weighted by Gasteiger charge is -2.13. The van der Waals surface area contributed by atoms with Gasteiger partial charge in [0, 0.05) is 26.7 Å². The molecular formula is C15H26IN3O. The Morgan fingerprint density at radius 2 is 1.85 bits per heavy atom. The molecule has 0 heterocycles. The molecule has 0 atom stereocenters. The highest BCUT2D eigenvalue weighted by Gasteiger charge is 2.01. The zero-order valence-electron chi connectivity index (χ0n) is 12.6. The van der Waals surface area contributed by atoms with E-state index in [9.17, 15) is 0 Å². The van der Waals surface area contributed by atoms with Crippen LogP contribution in [0.2, 0.25) is 0 Å². The zero-order valence-corrected chi connectivity index (χ0v) is 14.9. The number of ether oxygens (including phenoxy) is 1. The number of nitrogens with one attached hydrogen (secondary N) is 2. The SMILES string of the molecule is CCOCCNC(=NC)NCc1ccccc1CC.I. The second-order valence-corrected chi connectivity index (χ2v) is 4.17. The summed E-state index contributed by atoms with van der Waals surface area (Å²) < 4.78 is 5.28. The summed E-state index contributed by atoms with van der Waals surface area (Å²) in [4.78, 5) is 4.20. The van der Waals surface area contributed by atoms with Gasteiger partial charge < -0.3 is 15.4 Å². The van der Waals surface area contributed by atoms with Gasteiger partial charge in [-0.1, -0.05) is 31.2 Å². The zero-order chi connectivity index (χ0) is 13.9. The maximum Gasteiger partial charge on any atom is 0.191 e. The van der Waals surface area contributed by atoms with Crippen LogP contribution in [-0.4, -0.2) is 32.8 Å². The van der Waals surface area contributed by atoms with Crippen LogP contribution in [0.1, 0.15) is 25.0 Å². The second kappa shape index (κ2) is 12.0. The number of aliphatic imine (C=N–C) groups is 1. The van der Waals surface area contributed by atoms with E-state index in [0.717, 1.165) is 32.1 Å². The fourth-order valence-corrected chi connectivity index (χ4v) is 1.86. The van der Waals surface area contributed by atoms with Crippen molar-refractivity contribution in [3.63, 3.8) is 0 Å². The number of rotatable bonds is 7. The molecule has 5 heteroatoms. The molecule has 0 aliphatic carbocycles. The van der Waals surface area contributed by atoms with Crippen molar-refractivity contribution in [3.8, 4) is 0 Å². The highest BCUT2D eigenvalue weighted by molar-refractivity contribution is 14.0. The van der Waals surface area contributed by atoms with E-state index in [0.29, 0.717) is 6.61 Å². The Morgan fingerprint density at radius 3 is 2.45 bits per heavy atom. The normalized spacial score (nSPS) is 10.8. The minimum Gasteiger partial charge on any atom is -0.380 e. The molecule has 0 unspecified atom stereocenters. The summed E-state index contributed by atoms with van der Waals surface area (Å²) in [6, 6.07) is 8.47. The fourth-order valence-electron chi connectivity index (χ4n) is 1.86. The molecule has 0 saturated heterocycles. The average Bonchev–Trinajstić information content (AvgIpc) is 2.47. The van der Waals surface area contributed by atoms with Crippen LogP contribution in [-0.2, 0) is 17.7 Å². The Morgan fingerprint density at radius 1 is 1.15 bits per heavy atom. The van der Waals surface area contributed by atoms with E-state index in [-0.39, 0.29) is 24.0 Å². The number of guanidine groups is 1. The summed E-state index contributed by atoms with van der Waals surface area (Å²) in [5, 5.41) is 6.55. The second-order valence-electron chi connectivity index (χ2n) is 4.17. The van der Waals surface area contributed by atoms with Gasteiger partial charge in [-0.3, -0.25) is 4.99 Å². The molecule has 0 aromatic heterocycles. The Kier molecular flexibility index (Phi) is 11.5. The first-order chi connectivity index (χ1) is 9.31. The molecule has 0 spiro atoms. The molecule has 0 saturated carbocycles. The van der Waals surface area contributed by atoms with E-state index < -0.39 is 0 Å². The number of hydrogen-bond donors (Lipinski definition) is 2. The van der Waals surface area contributed by atoms with E-state index in [4.69, 9.17) is 4.74 Å². The molecule has 0 radical (unpaired) electrons. The van der Waals surface area contributed by atoms with Gasteiger partial charge in [-0.2, -0.15) is 0 Å². The number of benzene rings is 1. The summed E-state index contributed by atoms with van der Waals surface area (Å²) in [7, 11) is 1.78. The van der Waals surface area contributed by atoms with Gasteiger partial charge in [0.2, 0.25) is 0 Å². The van der Waals surface area contributed by atoms with Gasteiger partial charge in [0.1, 0.15) is 0 Å². The molecule has 114 valence electrons. The van der Waals surface area contributed by atoms with Crippen molar-refractivity contribution in [3.05, 3.63) is 35.4 Å². The first-order valence-corrected chi connectivity index (χ1v) is 6.90. The van der Waals surface area contributed by atoms with Crippen LogP contribution in [0.25, 0.3) is 0 Å². The van der Waals surface area contributed by atoms with Crippen molar-refractivity contribution >= 4 is 29.9 Å². The van der Waals surface area contributed by atoms with Crippen molar-refractivity contribution in [2.45, 2.75) is 26.8 Å². The van der Waals surface area contributed by atoms with E-state index in [1.54, 1.807) is 7.05 Å². The Balaban J connectivity index is 0.00000361. The molecule has 4 nitrogen and oxygen atoms in total. The van der Waals surface area contributed by atoms with E-state index in [1.807, 2.05) is 6.92 Å². The van der Waals surface area contributed by atoms with Crippen LogP contribution >= 0.6 is 24.0 Å². The summed E-state index contributed by atoms with van der Waals surface area (Å²) in [6.07, 6.45) is 1.05. The van der Waals surface area contributed by atoms with Gasteiger partial charge in [-0.05, 0) is 24.5 Å². The van der Waals surface area contributed by atoms with Gasteiger partial charge >= 0.3 is 0 Å². The first-order valence-electron chi connectivity index (χ1n) is 6.90. The van der Waals surface area contributed by atoms with E-state index in [1.165, 1.54) is 11.1 Å². The number of hydrogen-bond acceptors (Lipinski definition) is 2. The van der Waals surface area contributed by atoms with Gasteiger partial charge in [0.25, 0.3) is 0 Å². The topological polar surface area (TPSA) is 45.6 Å². The molecule has 20 heavy (non-hydrogen) atoms. The van der Waals surface area contributed by atoms with Crippen LogP contribution in [0, 0.1) is 0 Å². The standard InChI is InChI=1S/C15H25N3O.HI/c1-4-13-8-6-7-9-14(13)12-18-15(16-3)17-10-11-19-5-2;/h6-9H,4-5,10-12H2,1-3H3,(H2,16,17,18);1H. The molecule has 0 aliphatic heterocycles. The highest BCUT2D eigenvalue weighted by Crippen LogP contribution is 2.08. The summed E-state index contributed by atoms with van der Waals surface area (Å²) in [5.41, 5.74) is 2.69. The van der Waals surface area contributed by atoms with Gasteiger partial charge in [-0.15, -0.1) is 24.0 Å². The molecule has 1 rings (SSSR count). The van der Waals surface area contributed by atoms with E-state index in [2.05, 4.69) is 46.8 Å². The molecule has 1 aromatic carbocycles. The summed E-state index contributed by atoms with van der Waals surface area (Å²) >= 11 is 0. The lowest BCUT2D eigenvalue weighted by atomic mass is 10.1. The van der Waals surface area contributed by atoms with Crippen molar-refractivity contribution in [2.75, 3.05) is 26.8 Å². The van der Waals surface area contributed by atoms with Gasteiger partial charge in [0.15, 0.2) is 5.96 Å². The maximum atomic E-state index is 5.28. The maximum absolute atomic E-state index is 5.28.